The molecule has 14 nitrogen and oxygen atoms in total. The number of ether oxygens (including phenoxy) is 7. The molecule has 15 heteroatoms. The first kappa shape index (κ1) is 46.6. The van der Waals surface area contributed by atoms with Crippen LogP contribution in [0.15, 0.2) is 145 Å². The zero-order valence-corrected chi connectivity index (χ0v) is 35.7. The Morgan fingerprint density at radius 2 is 1.16 bits per heavy atom. The van der Waals surface area contributed by atoms with Crippen LogP contribution in [-0.2, 0) is 79.6 Å². The normalized spacial score (nSPS) is 18.4. The molecule has 1 fully saturated rings. The van der Waals surface area contributed by atoms with E-state index in [-0.39, 0.29) is 33.0 Å². The van der Waals surface area contributed by atoms with Crippen LogP contribution in [-0.4, -0.2) is 71.6 Å². The third-order valence-electron chi connectivity index (χ3n) is 9.88. The van der Waals surface area contributed by atoms with Gasteiger partial charge >= 0.3 is 7.82 Å². The Morgan fingerprint density at radius 3 is 1.84 bits per heavy atom. The van der Waals surface area contributed by atoms with E-state index in [1.807, 2.05) is 140 Å². The summed E-state index contributed by atoms with van der Waals surface area (Å²) in [5, 5.41) is 3.45. The number of azide groups is 1. The second-order valence-electron chi connectivity index (χ2n) is 14.1. The molecule has 6 rings (SSSR count). The minimum Gasteiger partial charge on any atom is -0.491 e. The van der Waals surface area contributed by atoms with Crippen LogP contribution in [0.5, 0.6) is 5.75 Å². The Balaban J connectivity index is 1.22. The number of hydrogen-bond acceptors (Lipinski definition) is 12. The molecular weight excluding hydrogens is 814 g/mol. The number of benzene rings is 5. The molecule has 1 aliphatic heterocycles. The van der Waals surface area contributed by atoms with Crippen molar-refractivity contribution < 1.29 is 51.3 Å². The summed E-state index contributed by atoms with van der Waals surface area (Å²) in [5.41, 5.74) is 13.5. The van der Waals surface area contributed by atoms with Gasteiger partial charge in [-0.05, 0) is 39.4 Å². The predicted octanol–water partition coefficient (Wildman–Crippen LogP) is 9.72. The molecule has 0 radical (unpaired) electrons. The van der Waals surface area contributed by atoms with E-state index >= 15 is 0 Å². The third kappa shape index (κ3) is 14.9. The van der Waals surface area contributed by atoms with Gasteiger partial charge in [-0.25, -0.2) is 4.57 Å². The van der Waals surface area contributed by atoms with Crippen molar-refractivity contribution >= 4 is 7.82 Å². The number of para-hydroxylation sites is 1. The molecule has 5 aromatic rings. The first-order valence-electron chi connectivity index (χ1n) is 20.5. The number of hydrogen-bond donors (Lipinski definition) is 0. The van der Waals surface area contributed by atoms with E-state index in [1.165, 1.54) is 7.11 Å². The molecule has 0 saturated carbocycles. The summed E-state index contributed by atoms with van der Waals surface area (Å²) in [6.45, 7) is 2.99. The summed E-state index contributed by atoms with van der Waals surface area (Å²) in [5.74, 6) is 0.647. The molecular formula is C47H54N3O11P. The second-order valence-corrected chi connectivity index (χ2v) is 15.9. The quantitative estimate of drug-likeness (QED) is 0.0163. The Bertz CT molecular complexity index is 2130. The fourth-order valence-electron chi connectivity index (χ4n) is 6.71. The van der Waals surface area contributed by atoms with E-state index in [4.69, 9.17) is 52.3 Å². The zero-order chi connectivity index (χ0) is 43.1. The molecule has 0 N–H and O–H groups in total. The molecule has 1 saturated heterocycles. The van der Waals surface area contributed by atoms with Gasteiger partial charge in [0.15, 0.2) is 0 Å². The molecule has 0 bridgehead atoms. The zero-order valence-electron chi connectivity index (χ0n) is 34.9. The molecule has 1 heterocycles. The minimum atomic E-state index is -3.95. The van der Waals surface area contributed by atoms with Gasteiger partial charge in [-0.1, -0.05) is 139 Å². The van der Waals surface area contributed by atoms with E-state index in [2.05, 4.69) is 10.0 Å². The van der Waals surface area contributed by atoms with Gasteiger partial charge in [0.2, 0.25) is 0 Å². The van der Waals surface area contributed by atoms with Gasteiger partial charge in [0, 0.05) is 24.1 Å². The van der Waals surface area contributed by atoms with Crippen molar-refractivity contribution in [2.75, 3.05) is 53.3 Å². The highest BCUT2D eigenvalue weighted by molar-refractivity contribution is 7.48. The van der Waals surface area contributed by atoms with Crippen molar-refractivity contribution in [1.29, 1.82) is 0 Å². The molecule has 0 aliphatic carbocycles. The van der Waals surface area contributed by atoms with Crippen molar-refractivity contribution in [1.82, 2.24) is 0 Å². The van der Waals surface area contributed by atoms with Gasteiger partial charge in [0.05, 0.1) is 66.1 Å². The lowest BCUT2D eigenvalue weighted by atomic mass is 9.91. The van der Waals surface area contributed by atoms with Crippen LogP contribution in [0.1, 0.15) is 39.5 Å². The highest BCUT2D eigenvalue weighted by Crippen LogP contribution is 2.50. The van der Waals surface area contributed by atoms with Gasteiger partial charge in [-0.15, -0.1) is 0 Å². The van der Waals surface area contributed by atoms with Crippen LogP contribution in [0.2, 0.25) is 0 Å². The molecule has 5 aromatic carbocycles. The van der Waals surface area contributed by atoms with E-state index in [0.717, 1.165) is 27.8 Å². The summed E-state index contributed by atoms with van der Waals surface area (Å²) in [6, 6.07) is 44.6. The molecule has 1 aliphatic rings. The molecule has 1 unspecified atom stereocenters. The monoisotopic (exact) mass is 867 g/mol. The molecule has 328 valence electrons. The lowest BCUT2D eigenvalue weighted by Crippen LogP contribution is -2.52. The molecule has 0 spiro atoms. The smallest absolute Gasteiger partial charge is 0.475 e. The SMILES string of the molecule is COP(=O)(OCc1ccccc1)OCc1ccccc1[C@H]1OC[C@H](OCc2ccccc2)[C@H](OCc2ccccc2)[C@@H]1OCc1ccccc1OCCOCCOCCN=[N+]=[N-]. The molecule has 0 aromatic heterocycles. The van der Waals surface area contributed by atoms with Crippen molar-refractivity contribution in [3.63, 3.8) is 0 Å². The Hall–Kier alpha value is -4.92. The maximum Gasteiger partial charge on any atom is 0.475 e. The number of phosphoric acid groups is 1. The van der Waals surface area contributed by atoms with E-state index in [1.54, 1.807) is 0 Å². The Labute approximate surface area is 363 Å². The van der Waals surface area contributed by atoms with Crippen molar-refractivity contribution in [2.45, 2.75) is 57.5 Å². The van der Waals surface area contributed by atoms with Gasteiger partial charge in [-0.2, -0.15) is 0 Å². The maximum absolute atomic E-state index is 13.7. The average molecular weight is 868 g/mol. The van der Waals surface area contributed by atoms with Gasteiger partial charge in [-0.3, -0.25) is 13.6 Å². The van der Waals surface area contributed by atoms with Crippen LogP contribution in [0.4, 0.5) is 0 Å². The number of phosphoric ester groups is 1. The van der Waals surface area contributed by atoms with Crippen LogP contribution in [0.3, 0.4) is 0 Å². The standard InChI is InChI=1S/C47H54N3O11P/c1-52-62(51,60-33-39-19-9-4-10-20-39)61-35-40-21-11-13-23-42(40)45-47(58-34-41-22-12-14-24-43(41)55-30-29-54-28-27-53-26-25-49-50-48)46(57-32-38-17-7-3-8-18-38)44(36-59-45)56-31-37-15-5-2-6-16-37/h2-24,44-47H,25-36H2,1H3/t44-,45+,46-,47+,62?/m0/s1. The maximum atomic E-state index is 13.7. The van der Waals surface area contributed by atoms with E-state index < -0.39 is 32.2 Å². The average Bonchev–Trinajstić information content (AvgIpc) is 3.32. The van der Waals surface area contributed by atoms with Crippen LogP contribution in [0, 0.1) is 0 Å². The fourth-order valence-corrected chi connectivity index (χ4v) is 7.59. The Kier molecular flexibility index (Phi) is 19.4. The summed E-state index contributed by atoms with van der Waals surface area (Å²) in [7, 11) is -2.65. The topological polar surface area (TPSA) is 158 Å². The van der Waals surface area contributed by atoms with Gasteiger partial charge < -0.3 is 33.2 Å². The number of nitrogens with zero attached hydrogens (tertiary/aromatic N) is 3. The lowest BCUT2D eigenvalue weighted by Gasteiger charge is -2.43. The minimum absolute atomic E-state index is 0.0501. The van der Waals surface area contributed by atoms with Crippen LogP contribution in [0.25, 0.3) is 10.4 Å². The van der Waals surface area contributed by atoms with Crippen molar-refractivity contribution in [3.8, 4) is 5.75 Å². The molecule has 5 atom stereocenters. The van der Waals surface area contributed by atoms with Gasteiger partial charge in [0.1, 0.15) is 36.8 Å². The van der Waals surface area contributed by atoms with Gasteiger partial charge in [0.25, 0.3) is 0 Å². The Morgan fingerprint density at radius 1 is 0.613 bits per heavy atom. The lowest BCUT2D eigenvalue weighted by molar-refractivity contribution is -0.240. The van der Waals surface area contributed by atoms with Crippen molar-refractivity contribution in [2.24, 2.45) is 5.11 Å². The van der Waals surface area contributed by atoms with Crippen molar-refractivity contribution in [3.05, 3.63) is 183 Å². The third-order valence-corrected chi connectivity index (χ3v) is 11.2. The summed E-state index contributed by atoms with van der Waals surface area (Å²) >= 11 is 0. The molecule has 62 heavy (non-hydrogen) atoms. The van der Waals surface area contributed by atoms with Crippen LogP contribution >= 0.6 is 7.82 Å². The van der Waals surface area contributed by atoms with E-state index in [0.29, 0.717) is 57.6 Å². The van der Waals surface area contributed by atoms with Crippen LogP contribution < -0.4 is 4.74 Å². The summed E-state index contributed by atoms with van der Waals surface area (Å²) in [6.07, 6.45) is -2.46. The summed E-state index contributed by atoms with van der Waals surface area (Å²) in [4.78, 5) is 2.71. The number of rotatable bonds is 27. The first-order valence-corrected chi connectivity index (χ1v) is 22.0. The highest BCUT2D eigenvalue weighted by atomic mass is 31.2. The fraction of sp³-hybridized carbons (Fsp3) is 0.362. The first-order chi connectivity index (χ1) is 30.5. The van der Waals surface area contributed by atoms with E-state index in [9.17, 15) is 4.57 Å². The molecule has 0 amide bonds. The predicted molar refractivity (Wildman–Crippen MR) is 232 cm³/mol. The highest BCUT2D eigenvalue weighted by Gasteiger charge is 2.44. The summed E-state index contributed by atoms with van der Waals surface area (Å²) < 4.78 is 74.9. The largest absolute Gasteiger partial charge is 0.491 e. The second kappa shape index (κ2) is 25.9.